The van der Waals surface area contributed by atoms with Gasteiger partial charge in [-0.3, -0.25) is 0 Å². The lowest BCUT2D eigenvalue weighted by Gasteiger charge is -2.03. The van der Waals surface area contributed by atoms with Crippen molar-refractivity contribution >= 4 is 0 Å². The van der Waals surface area contributed by atoms with Crippen LogP contribution in [0.1, 0.15) is 25.0 Å². The lowest BCUT2D eigenvalue weighted by Crippen LogP contribution is -2.16. The summed E-state index contributed by atoms with van der Waals surface area (Å²) >= 11 is 0. The van der Waals surface area contributed by atoms with Gasteiger partial charge in [0, 0.05) is 18.3 Å². The van der Waals surface area contributed by atoms with Gasteiger partial charge in [-0.2, -0.15) is 5.26 Å². The topological polar surface area (TPSA) is 62.9 Å². The Labute approximate surface area is 130 Å². The summed E-state index contributed by atoms with van der Waals surface area (Å²) in [5, 5.41) is 16.1. The first-order valence-corrected chi connectivity index (χ1v) is 7.19. The van der Waals surface area contributed by atoms with E-state index in [1.54, 1.807) is 12.3 Å². The van der Waals surface area contributed by atoms with Crippen molar-refractivity contribution in [1.29, 1.82) is 5.26 Å². The molecule has 0 saturated heterocycles. The number of rotatable bonds is 5. The molecule has 2 rings (SSSR count). The molecule has 0 unspecified atom stereocenters. The molecular formula is C16H21FN4O. The lowest BCUT2D eigenvalue weighted by molar-refractivity contribution is 0.302. The van der Waals surface area contributed by atoms with Gasteiger partial charge in [-0.25, -0.2) is 9.07 Å². The minimum absolute atomic E-state index is 0.255. The van der Waals surface area contributed by atoms with Gasteiger partial charge in [0.25, 0.3) is 0 Å². The molecule has 0 radical (unpaired) electrons. The fourth-order valence-corrected chi connectivity index (χ4v) is 1.74. The third-order valence-corrected chi connectivity index (χ3v) is 2.72. The standard InChI is InChI=1S/C14H15FN4O.C2H6/c1-10-9-19(18-14(10)20-4-3-17-2)13-6-11(8-16)5-12(15)7-13;1-2/h5-7,9,17H,3-4H2,1-2H3;1-2H3. The van der Waals surface area contributed by atoms with Crippen LogP contribution in [0.4, 0.5) is 4.39 Å². The number of hydrogen-bond donors (Lipinski definition) is 1. The molecule has 1 heterocycles. The molecule has 0 bridgehead atoms. The summed E-state index contributed by atoms with van der Waals surface area (Å²) in [4.78, 5) is 0. The SMILES string of the molecule is CC.CNCCOc1nn(-c2cc(F)cc(C#N)c2)cc1C. The first-order chi connectivity index (χ1) is 10.6. The summed E-state index contributed by atoms with van der Waals surface area (Å²) in [7, 11) is 1.84. The Morgan fingerprint density at radius 3 is 2.73 bits per heavy atom. The number of likely N-dealkylation sites (N-methyl/N-ethyl adjacent to an activating group) is 1. The minimum atomic E-state index is -0.468. The quantitative estimate of drug-likeness (QED) is 0.863. The van der Waals surface area contributed by atoms with Crippen LogP contribution in [0.2, 0.25) is 0 Å². The van der Waals surface area contributed by atoms with Crippen LogP contribution in [0.3, 0.4) is 0 Å². The molecule has 118 valence electrons. The largest absolute Gasteiger partial charge is 0.475 e. The van der Waals surface area contributed by atoms with Gasteiger partial charge in [0.1, 0.15) is 12.4 Å². The van der Waals surface area contributed by atoms with Crippen LogP contribution < -0.4 is 10.1 Å². The Balaban J connectivity index is 0.00000116. The smallest absolute Gasteiger partial charge is 0.236 e. The van der Waals surface area contributed by atoms with Gasteiger partial charge < -0.3 is 10.1 Å². The van der Waals surface area contributed by atoms with Crippen LogP contribution in [-0.2, 0) is 0 Å². The van der Waals surface area contributed by atoms with E-state index in [4.69, 9.17) is 10.00 Å². The molecule has 5 nitrogen and oxygen atoms in total. The third-order valence-electron chi connectivity index (χ3n) is 2.72. The molecule has 0 aliphatic heterocycles. The zero-order chi connectivity index (χ0) is 16.5. The Hall–Kier alpha value is -2.39. The van der Waals surface area contributed by atoms with E-state index in [0.29, 0.717) is 24.7 Å². The third kappa shape index (κ3) is 4.57. The van der Waals surface area contributed by atoms with Crippen LogP contribution in [-0.4, -0.2) is 30.0 Å². The number of aryl methyl sites for hydroxylation is 1. The van der Waals surface area contributed by atoms with Crippen LogP contribution in [0.15, 0.2) is 24.4 Å². The van der Waals surface area contributed by atoms with Gasteiger partial charge in [0.15, 0.2) is 0 Å². The van der Waals surface area contributed by atoms with Crippen LogP contribution in [0.5, 0.6) is 5.88 Å². The van der Waals surface area contributed by atoms with E-state index in [0.717, 1.165) is 5.56 Å². The Morgan fingerprint density at radius 1 is 1.36 bits per heavy atom. The van der Waals surface area contributed by atoms with Crippen LogP contribution >= 0.6 is 0 Å². The van der Waals surface area contributed by atoms with Crippen molar-refractivity contribution in [2.24, 2.45) is 0 Å². The van der Waals surface area contributed by atoms with Crippen molar-refractivity contribution in [2.45, 2.75) is 20.8 Å². The average molecular weight is 304 g/mol. The number of aromatic nitrogens is 2. The summed E-state index contributed by atoms with van der Waals surface area (Å²) < 4.78 is 20.4. The molecule has 0 spiro atoms. The van der Waals surface area contributed by atoms with Crippen molar-refractivity contribution in [3.63, 3.8) is 0 Å². The van der Waals surface area contributed by atoms with Crippen LogP contribution in [0.25, 0.3) is 5.69 Å². The normalized spacial score (nSPS) is 9.64. The molecule has 0 fully saturated rings. The number of nitrogens with one attached hydrogen (secondary N) is 1. The monoisotopic (exact) mass is 304 g/mol. The molecule has 0 aliphatic rings. The zero-order valence-corrected chi connectivity index (χ0v) is 13.4. The lowest BCUT2D eigenvalue weighted by atomic mass is 10.2. The number of halogens is 1. The molecule has 1 aromatic heterocycles. The zero-order valence-electron chi connectivity index (χ0n) is 13.4. The van der Waals surface area contributed by atoms with Gasteiger partial charge in [-0.15, -0.1) is 5.10 Å². The second-order valence-corrected chi connectivity index (χ2v) is 4.32. The van der Waals surface area contributed by atoms with Gasteiger partial charge in [-0.1, -0.05) is 13.8 Å². The van der Waals surface area contributed by atoms with E-state index in [9.17, 15) is 4.39 Å². The fourth-order valence-electron chi connectivity index (χ4n) is 1.74. The van der Waals surface area contributed by atoms with Crippen molar-refractivity contribution in [3.05, 3.63) is 41.3 Å². The predicted octanol–water partition coefficient (Wildman–Crippen LogP) is 2.82. The average Bonchev–Trinajstić information content (AvgIpc) is 2.90. The summed E-state index contributed by atoms with van der Waals surface area (Å²) in [6.07, 6.45) is 1.74. The Kier molecular flexibility index (Phi) is 7.06. The number of nitriles is 1. The summed E-state index contributed by atoms with van der Waals surface area (Å²) in [5.74, 6) is 0.0351. The predicted molar refractivity (Wildman–Crippen MR) is 83.7 cm³/mol. The summed E-state index contributed by atoms with van der Waals surface area (Å²) in [6, 6.07) is 6.01. The molecule has 1 N–H and O–H groups in total. The van der Waals surface area contributed by atoms with Gasteiger partial charge >= 0.3 is 0 Å². The van der Waals surface area contributed by atoms with E-state index in [1.165, 1.54) is 16.8 Å². The van der Waals surface area contributed by atoms with Gasteiger partial charge in [-0.05, 0) is 32.2 Å². The number of hydrogen-bond acceptors (Lipinski definition) is 4. The van der Waals surface area contributed by atoms with Crippen molar-refractivity contribution in [3.8, 4) is 17.6 Å². The number of ether oxygens (including phenoxy) is 1. The van der Waals surface area contributed by atoms with Crippen molar-refractivity contribution < 1.29 is 9.13 Å². The molecule has 0 amide bonds. The highest BCUT2D eigenvalue weighted by Gasteiger charge is 2.09. The van der Waals surface area contributed by atoms with E-state index in [-0.39, 0.29) is 5.56 Å². The molecule has 0 saturated carbocycles. The molecule has 2 aromatic rings. The van der Waals surface area contributed by atoms with E-state index in [1.807, 2.05) is 33.9 Å². The van der Waals surface area contributed by atoms with E-state index >= 15 is 0 Å². The number of nitrogens with zero attached hydrogens (tertiary/aromatic N) is 3. The van der Waals surface area contributed by atoms with Gasteiger partial charge in [0.05, 0.1) is 17.3 Å². The van der Waals surface area contributed by atoms with E-state index in [2.05, 4.69) is 10.4 Å². The van der Waals surface area contributed by atoms with Crippen LogP contribution in [0, 0.1) is 24.1 Å². The highest BCUT2D eigenvalue weighted by Crippen LogP contribution is 2.19. The molecule has 6 heteroatoms. The molecule has 0 aliphatic carbocycles. The second kappa shape index (κ2) is 8.80. The minimum Gasteiger partial charge on any atom is -0.475 e. The molecule has 22 heavy (non-hydrogen) atoms. The molecule has 1 aromatic carbocycles. The first-order valence-electron chi connectivity index (χ1n) is 7.19. The fraction of sp³-hybridized carbons (Fsp3) is 0.375. The maximum atomic E-state index is 13.4. The Bertz CT molecular complexity index is 646. The summed E-state index contributed by atoms with van der Waals surface area (Å²) in [5.41, 5.74) is 1.60. The highest BCUT2D eigenvalue weighted by atomic mass is 19.1. The Morgan fingerprint density at radius 2 is 2.09 bits per heavy atom. The van der Waals surface area contributed by atoms with E-state index < -0.39 is 5.82 Å². The first kappa shape index (κ1) is 17.7. The summed E-state index contributed by atoms with van der Waals surface area (Å²) in [6.45, 7) is 7.08. The number of benzene rings is 1. The van der Waals surface area contributed by atoms with Crippen molar-refractivity contribution in [1.82, 2.24) is 15.1 Å². The second-order valence-electron chi connectivity index (χ2n) is 4.32. The highest BCUT2D eigenvalue weighted by molar-refractivity contribution is 5.42. The maximum absolute atomic E-state index is 13.4. The maximum Gasteiger partial charge on any atom is 0.236 e. The van der Waals surface area contributed by atoms with Crippen molar-refractivity contribution in [2.75, 3.05) is 20.2 Å². The molecule has 0 atom stereocenters. The molecular weight excluding hydrogens is 283 g/mol. The van der Waals surface area contributed by atoms with Gasteiger partial charge in [0.2, 0.25) is 5.88 Å².